The van der Waals surface area contributed by atoms with Crippen LogP contribution in [0.3, 0.4) is 0 Å². The van der Waals surface area contributed by atoms with E-state index in [1.165, 1.54) is 18.3 Å². The third-order valence-electron chi connectivity index (χ3n) is 12.0. The number of nitrogens with zero attached hydrogens (tertiary/aromatic N) is 3. The first kappa shape index (κ1) is 48.0. The second kappa shape index (κ2) is 22.1. The first-order valence-corrected chi connectivity index (χ1v) is 23.8. The van der Waals surface area contributed by atoms with Crippen molar-refractivity contribution in [2.24, 2.45) is 0 Å². The normalized spacial score (nSPS) is 17.2. The smallest absolute Gasteiger partial charge is 0.264 e. The Morgan fingerprint density at radius 2 is 1.60 bits per heavy atom. The first-order chi connectivity index (χ1) is 33.0. The Bertz CT molecular complexity index is 2630. The maximum atomic E-state index is 15.7. The number of anilines is 2. The zero-order chi connectivity index (χ0) is 47.7. The van der Waals surface area contributed by atoms with E-state index in [0.717, 1.165) is 28.9 Å². The molecule has 2 atom stereocenters. The van der Waals surface area contributed by atoms with E-state index in [2.05, 4.69) is 26.3 Å². The van der Waals surface area contributed by atoms with Crippen molar-refractivity contribution >= 4 is 57.9 Å². The summed E-state index contributed by atoms with van der Waals surface area (Å²) in [6.45, 7) is 3.42. The van der Waals surface area contributed by atoms with E-state index in [-0.39, 0.29) is 73.9 Å². The largest absolute Gasteiger partial charge is 0.383 e. The third-order valence-corrected chi connectivity index (χ3v) is 13.6. The van der Waals surface area contributed by atoms with Crippen molar-refractivity contribution in [2.75, 3.05) is 76.9 Å². The van der Waals surface area contributed by atoms with E-state index in [1.807, 2.05) is 10.4 Å². The highest BCUT2D eigenvalue weighted by Crippen LogP contribution is 2.36. The van der Waals surface area contributed by atoms with Gasteiger partial charge in [0.25, 0.3) is 17.7 Å². The second-order valence-corrected chi connectivity index (χ2v) is 18.1. The first-order valence-electron chi connectivity index (χ1n) is 22.7. The zero-order valence-electron chi connectivity index (χ0n) is 37.3. The predicted molar refractivity (Wildman–Crippen MR) is 248 cm³/mol. The maximum Gasteiger partial charge on any atom is 0.264 e. The van der Waals surface area contributed by atoms with Gasteiger partial charge in [-0.2, -0.15) is 0 Å². The van der Waals surface area contributed by atoms with E-state index in [1.54, 1.807) is 42.5 Å². The van der Waals surface area contributed by atoms with Crippen LogP contribution in [-0.2, 0) is 46.0 Å². The Hall–Kier alpha value is -6.45. The number of hydrogen-bond donors (Lipinski definition) is 5. The zero-order valence-corrected chi connectivity index (χ0v) is 38.1. The summed E-state index contributed by atoms with van der Waals surface area (Å²) in [5.74, 6) is -2.81. The van der Waals surface area contributed by atoms with Gasteiger partial charge in [-0.15, -0.1) is 0 Å². The van der Waals surface area contributed by atoms with Gasteiger partial charge < -0.3 is 35.9 Å². The lowest BCUT2D eigenvalue weighted by Crippen LogP contribution is -2.54. The number of rotatable bonds is 23. The van der Waals surface area contributed by atoms with Gasteiger partial charge in [-0.05, 0) is 79.6 Å². The molecule has 4 heterocycles. The molecule has 0 radical (unpaired) electrons. The average molecular weight is 953 g/mol. The van der Waals surface area contributed by atoms with Crippen molar-refractivity contribution < 1.29 is 51.6 Å². The Balaban J connectivity index is 0.686. The molecule has 6 amide bonds. The summed E-state index contributed by atoms with van der Waals surface area (Å²) in [6.07, 6.45) is 4.81. The molecule has 358 valence electrons. The minimum atomic E-state index is -1.61. The molecular weight excluding hydrogens is 900 g/mol. The van der Waals surface area contributed by atoms with Crippen LogP contribution in [0.2, 0.25) is 0 Å². The summed E-state index contributed by atoms with van der Waals surface area (Å²) < 4.78 is 48.0. The Kier molecular flexibility index (Phi) is 15.6. The number of piperidine rings is 1. The van der Waals surface area contributed by atoms with Crippen LogP contribution in [-0.4, -0.2) is 132 Å². The number of carbonyl (C=O) groups is 6. The molecule has 6 N–H and O–H groups in total. The molecular formula is C48H53FN8O10S. The highest BCUT2D eigenvalue weighted by atomic mass is 32.2. The van der Waals surface area contributed by atoms with E-state index in [4.69, 9.17) is 19.9 Å². The van der Waals surface area contributed by atoms with Crippen molar-refractivity contribution in [1.82, 2.24) is 30.1 Å². The number of benzene rings is 3. The van der Waals surface area contributed by atoms with Crippen LogP contribution < -0.4 is 27.0 Å². The predicted octanol–water partition coefficient (Wildman–Crippen LogP) is 3.37. The molecule has 1 saturated carbocycles. The Labute approximate surface area is 394 Å². The van der Waals surface area contributed by atoms with Crippen LogP contribution in [0.1, 0.15) is 75.2 Å². The van der Waals surface area contributed by atoms with Gasteiger partial charge in [0.2, 0.25) is 17.7 Å². The van der Waals surface area contributed by atoms with Gasteiger partial charge >= 0.3 is 0 Å². The van der Waals surface area contributed by atoms with E-state index >= 15 is 4.39 Å². The molecule has 0 bridgehead atoms. The van der Waals surface area contributed by atoms with E-state index in [0.29, 0.717) is 91.7 Å². The molecule has 2 unspecified atom stereocenters. The lowest BCUT2D eigenvalue weighted by Gasteiger charge is -2.27. The van der Waals surface area contributed by atoms with E-state index in [9.17, 15) is 33.0 Å². The van der Waals surface area contributed by atoms with Crippen molar-refractivity contribution in [3.05, 3.63) is 94.9 Å². The van der Waals surface area contributed by atoms with Gasteiger partial charge in [-0.1, -0.05) is 24.3 Å². The van der Waals surface area contributed by atoms with Gasteiger partial charge in [-0.25, -0.2) is 17.9 Å². The molecule has 2 fully saturated rings. The molecule has 1 saturated heterocycles. The minimum absolute atomic E-state index is 0.0429. The summed E-state index contributed by atoms with van der Waals surface area (Å²) in [5, 5.41) is 11.0. The minimum Gasteiger partial charge on any atom is -0.383 e. The number of hydrogen-bond acceptors (Lipinski definition) is 13. The van der Waals surface area contributed by atoms with Crippen LogP contribution in [0.15, 0.2) is 71.8 Å². The Morgan fingerprint density at radius 1 is 0.838 bits per heavy atom. The van der Waals surface area contributed by atoms with Crippen molar-refractivity contribution in [3.8, 4) is 22.3 Å². The summed E-state index contributed by atoms with van der Waals surface area (Å²) in [5.41, 5.74) is 10.8. The van der Waals surface area contributed by atoms with Crippen LogP contribution in [0.5, 0.6) is 0 Å². The lowest BCUT2D eigenvalue weighted by atomic mass is 9.94. The molecule has 1 aliphatic carbocycles. The average Bonchev–Trinajstić information content (AvgIpc) is 4.14. The third kappa shape index (κ3) is 11.3. The highest BCUT2D eigenvalue weighted by molar-refractivity contribution is 7.82. The lowest BCUT2D eigenvalue weighted by molar-refractivity contribution is -0.136. The topological polar surface area (TPSA) is 241 Å². The van der Waals surface area contributed by atoms with Crippen molar-refractivity contribution in [2.45, 2.75) is 61.9 Å². The van der Waals surface area contributed by atoms with Gasteiger partial charge in [0, 0.05) is 79.2 Å². The SMILES string of the molecule is Nc1ncc(-c2ccc(S(=O)N(CCCNC(=O)CCOCCOCCOCCNc3cccc4c3C(=O)N(C3CCC(=O)NC3=O)C4=O)C3CC3)cc2F)cc1-c1ccc2c(c1)CCNC2=O. The fourth-order valence-corrected chi connectivity index (χ4v) is 9.80. The number of halogens is 1. The fraction of sp³-hybridized carbons (Fsp3) is 0.396. The molecule has 4 aromatic rings. The number of ether oxygens (including phenoxy) is 3. The van der Waals surface area contributed by atoms with Crippen molar-refractivity contribution in [3.63, 3.8) is 0 Å². The number of imide groups is 2. The highest BCUT2D eigenvalue weighted by Gasteiger charge is 2.45. The number of fused-ring (bicyclic) bond motifs is 2. The second-order valence-electron chi connectivity index (χ2n) is 16.7. The van der Waals surface area contributed by atoms with Crippen LogP contribution in [0.4, 0.5) is 15.9 Å². The molecule has 20 heteroatoms. The number of amides is 6. The number of nitrogens with two attached hydrogens (primary N) is 1. The van der Waals surface area contributed by atoms with E-state index < -0.39 is 46.5 Å². The number of pyridine rings is 1. The molecule has 68 heavy (non-hydrogen) atoms. The van der Waals surface area contributed by atoms with Gasteiger partial charge in [-0.3, -0.25) is 39.0 Å². The molecule has 1 aromatic heterocycles. The number of aromatic nitrogens is 1. The molecule has 0 spiro atoms. The number of nitrogen functional groups attached to an aromatic ring is 1. The van der Waals surface area contributed by atoms with Crippen molar-refractivity contribution in [1.29, 1.82) is 0 Å². The van der Waals surface area contributed by atoms with Gasteiger partial charge in [0.15, 0.2) is 0 Å². The monoisotopic (exact) mass is 952 g/mol. The van der Waals surface area contributed by atoms with Crippen LogP contribution in [0, 0.1) is 5.82 Å². The molecule has 3 aromatic carbocycles. The van der Waals surface area contributed by atoms with Gasteiger partial charge in [0.1, 0.15) is 28.7 Å². The number of nitrogens with one attached hydrogen (secondary N) is 4. The van der Waals surface area contributed by atoms with Gasteiger partial charge in [0.05, 0.1) is 55.7 Å². The molecule has 18 nitrogen and oxygen atoms in total. The fourth-order valence-electron chi connectivity index (χ4n) is 8.36. The standard InChI is InChI=1S/C48H53FN8O10S/c49-38-27-33(8-10-34(38)31-26-37(44(50)54-28-31)29-5-9-35-30(25-29)13-16-53-45(35)60)68(64)56(32-6-7-32)18-2-15-52-41(58)14-19-65-21-23-67-24-22-66-20-17-51-39-4-1-3-36-43(39)48(63)57(47(36)62)40-11-12-42(59)55-46(40)61/h1,3-5,8-10,25-28,32,40,51H,2,6-7,11-24H2,(H2,50,54)(H,52,58)(H,53,60)(H,55,59,61). The van der Waals surface area contributed by atoms with Crippen LogP contribution >= 0.6 is 0 Å². The summed E-state index contributed by atoms with van der Waals surface area (Å²) >= 11 is 0. The summed E-state index contributed by atoms with van der Waals surface area (Å²) in [6, 6.07) is 15.8. The summed E-state index contributed by atoms with van der Waals surface area (Å²) in [7, 11) is -1.61. The quantitative estimate of drug-likeness (QED) is 0.0530. The molecule has 3 aliphatic heterocycles. The Morgan fingerprint density at radius 3 is 2.37 bits per heavy atom. The molecule has 4 aliphatic rings. The van der Waals surface area contributed by atoms with Crippen LogP contribution in [0.25, 0.3) is 22.3 Å². The number of carbonyl (C=O) groups excluding carboxylic acids is 6. The molecule has 8 rings (SSSR count). The summed E-state index contributed by atoms with van der Waals surface area (Å²) in [4.78, 5) is 80.5. The maximum absolute atomic E-state index is 15.7.